The Kier molecular flexibility index (Phi) is 2.95. The molecule has 1 aliphatic rings. The van der Waals surface area contributed by atoms with Crippen LogP contribution in [0.25, 0.3) is 12.2 Å². The van der Waals surface area contributed by atoms with E-state index in [0.717, 1.165) is 24.8 Å². The van der Waals surface area contributed by atoms with Crippen LogP contribution in [-0.2, 0) is 5.54 Å². The third-order valence-electron chi connectivity index (χ3n) is 3.59. The summed E-state index contributed by atoms with van der Waals surface area (Å²) in [5.41, 5.74) is 8.14. The predicted molar refractivity (Wildman–Crippen MR) is 74.1 cm³/mol. The van der Waals surface area contributed by atoms with Crippen LogP contribution in [0.5, 0.6) is 0 Å². The van der Waals surface area contributed by atoms with E-state index >= 15 is 0 Å². The summed E-state index contributed by atoms with van der Waals surface area (Å²) in [4.78, 5) is 4.35. The molecule has 0 saturated heterocycles. The van der Waals surface area contributed by atoms with Crippen LogP contribution in [0.1, 0.15) is 42.1 Å². The number of hydrogen-bond donors (Lipinski definition) is 1. The largest absolute Gasteiger partial charge is 0.335 e. The summed E-state index contributed by atoms with van der Waals surface area (Å²) in [6.07, 6.45) is 6.81. The molecule has 1 heterocycles. The lowest BCUT2D eigenvalue weighted by atomic mass is 9.77. The molecule has 1 fully saturated rings. The predicted octanol–water partition coefficient (Wildman–Crippen LogP) is 2.89. The average Bonchev–Trinajstić information content (AvgIpc) is 2.83. The average molecular weight is 255 g/mol. The second-order valence-corrected chi connectivity index (χ2v) is 5.21. The van der Waals surface area contributed by atoms with Crippen LogP contribution in [0.15, 0.2) is 28.8 Å². The maximum absolute atomic E-state index is 6.16. The first kappa shape index (κ1) is 12.1. The van der Waals surface area contributed by atoms with Crippen molar-refractivity contribution in [2.75, 3.05) is 0 Å². The van der Waals surface area contributed by atoms with E-state index in [0.29, 0.717) is 11.7 Å². The fourth-order valence-corrected chi connectivity index (χ4v) is 2.23. The highest BCUT2D eigenvalue weighted by Crippen LogP contribution is 2.36. The zero-order valence-electron chi connectivity index (χ0n) is 11.0. The molecule has 0 aliphatic heterocycles. The fourth-order valence-electron chi connectivity index (χ4n) is 2.23. The zero-order valence-corrected chi connectivity index (χ0v) is 11.0. The van der Waals surface area contributed by atoms with Crippen molar-refractivity contribution in [2.24, 2.45) is 5.73 Å². The van der Waals surface area contributed by atoms with Crippen molar-refractivity contribution in [1.82, 2.24) is 10.1 Å². The number of aryl methyl sites for hydroxylation is 1. The molecule has 0 bridgehead atoms. The molecule has 0 unspecified atom stereocenters. The van der Waals surface area contributed by atoms with Crippen LogP contribution in [0.2, 0.25) is 0 Å². The Morgan fingerprint density at radius 2 is 2.16 bits per heavy atom. The number of nitrogens with two attached hydrogens (primary N) is 1. The van der Waals surface area contributed by atoms with Crippen molar-refractivity contribution in [1.29, 1.82) is 0 Å². The van der Waals surface area contributed by atoms with E-state index in [-0.39, 0.29) is 5.54 Å². The van der Waals surface area contributed by atoms with Gasteiger partial charge in [0.15, 0.2) is 5.82 Å². The number of rotatable bonds is 3. The van der Waals surface area contributed by atoms with Crippen molar-refractivity contribution < 1.29 is 4.52 Å². The summed E-state index contributed by atoms with van der Waals surface area (Å²) in [5, 5.41) is 3.98. The fraction of sp³-hybridized carbons (Fsp3) is 0.333. The summed E-state index contributed by atoms with van der Waals surface area (Å²) >= 11 is 0. The van der Waals surface area contributed by atoms with Crippen LogP contribution in [0, 0.1) is 6.92 Å². The molecule has 2 N–H and O–H groups in total. The molecule has 1 aromatic heterocycles. The molecule has 3 rings (SSSR count). The lowest BCUT2D eigenvalue weighted by Crippen LogP contribution is -2.44. The van der Waals surface area contributed by atoms with Gasteiger partial charge in [-0.2, -0.15) is 4.98 Å². The monoisotopic (exact) mass is 255 g/mol. The van der Waals surface area contributed by atoms with Gasteiger partial charge in [-0.25, -0.2) is 0 Å². The zero-order chi connectivity index (χ0) is 13.3. The van der Waals surface area contributed by atoms with Gasteiger partial charge >= 0.3 is 0 Å². The second-order valence-electron chi connectivity index (χ2n) is 5.21. The highest BCUT2D eigenvalue weighted by Gasteiger charge is 2.38. The highest BCUT2D eigenvalue weighted by molar-refractivity contribution is 5.66. The molecule has 1 aromatic carbocycles. The van der Waals surface area contributed by atoms with Gasteiger partial charge in [-0.05, 0) is 37.8 Å². The van der Waals surface area contributed by atoms with Crippen LogP contribution >= 0.6 is 0 Å². The molecule has 4 nitrogen and oxygen atoms in total. The topological polar surface area (TPSA) is 64.9 Å². The van der Waals surface area contributed by atoms with Crippen LogP contribution < -0.4 is 5.73 Å². The quantitative estimate of drug-likeness (QED) is 0.915. The van der Waals surface area contributed by atoms with Gasteiger partial charge < -0.3 is 10.3 Å². The van der Waals surface area contributed by atoms with Gasteiger partial charge in [-0.15, -0.1) is 0 Å². The molecule has 2 aromatic rings. The lowest BCUT2D eigenvalue weighted by Gasteiger charge is -2.34. The number of hydrogen-bond acceptors (Lipinski definition) is 4. The Bertz CT molecular complexity index is 611. The summed E-state index contributed by atoms with van der Waals surface area (Å²) in [7, 11) is 0. The third-order valence-corrected chi connectivity index (χ3v) is 3.59. The summed E-state index contributed by atoms with van der Waals surface area (Å²) < 4.78 is 5.21. The summed E-state index contributed by atoms with van der Waals surface area (Å²) in [6, 6.07) is 8.23. The van der Waals surface area contributed by atoms with Gasteiger partial charge in [-0.1, -0.05) is 35.0 Å². The Morgan fingerprint density at radius 3 is 2.84 bits per heavy atom. The molecule has 0 spiro atoms. The van der Waals surface area contributed by atoms with Crippen LogP contribution in [0.3, 0.4) is 0 Å². The molecule has 0 radical (unpaired) electrons. The first-order chi connectivity index (χ1) is 9.16. The van der Waals surface area contributed by atoms with Crippen LogP contribution in [0.4, 0.5) is 0 Å². The maximum Gasteiger partial charge on any atom is 0.250 e. The minimum atomic E-state index is -0.362. The molecule has 98 valence electrons. The summed E-state index contributed by atoms with van der Waals surface area (Å²) in [6.45, 7) is 2.07. The Morgan fingerprint density at radius 1 is 1.32 bits per heavy atom. The van der Waals surface area contributed by atoms with Crippen molar-refractivity contribution in [3.05, 3.63) is 47.1 Å². The van der Waals surface area contributed by atoms with Crippen molar-refractivity contribution in [3.8, 4) is 0 Å². The van der Waals surface area contributed by atoms with E-state index in [4.69, 9.17) is 10.3 Å². The second kappa shape index (κ2) is 4.63. The molecular weight excluding hydrogens is 238 g/mol. The van der Waals surface area contributed by atoms with E-state index < -0.39 is 0 Å². The van der Waals surface area contributed by atoms with E-state index in [2.05, 4.69) is 29.2 Å². The number of aromatic nitrogens is 2. The Labute approximate surface area is 112 Å². The SMILES string of the molecule is Cc1cccc(/C=C/c2nc(C3(N)CCC3)no2)c1. The first-order valence-electron chi connectivity index (χ1n) is 6.54. The number of benzene rings is 1. The Hall–Kier alpha value is -1.94. The van der Waals surface area contributed by atoms with E-state index in [1.54, 1.807) is 0 Å². The van der Waals surface area contributed by atoms with Gasteiger partial charge in [0, 0.05) is 6.08 Å². The van der Waals surface area contributed by atoms with E-state index in [9.17, 15) is 0 Å². The Balaban J connectivity index is 1.77. The van der Waals surface area contributed by atoms with Crippen LogP contribution in [-0.4, -0.2) is 10.1 Å². The standard InChI is InChI=1S/C15H17N3O/c1-11-4-2-5-12(10-11)6-7-13-17-14(18-19-13)15(16)8-3-9-15/h2,4-7,10H,3,8-9,16H2,1H3/b7-6+. The van der Waals surface area contributed by atoms with Gasteiger partial charge in [-0.3, -0.25) is 0 Å². The molecule has 0 atom stereocenters. The van der Waals surface area contributed by atoms with Gasteiger partial charge in [0.25, 0.3) is 5.89 Å². The maximum atomic E-state index is 6.16. The van der Waals surface area contributed by atoms with E-state index in [1.165, 1.54) is 5.56 Å². The first-order valence-corrected chi connectivity index (χ1v) is 6.54. The lowest BCUT2D eigenvalue weighted by molar-refractivity contribution is 0.229. The van der Waals surface area contributed by atoms with Crippen molar-refractivity contribution in [3.63, 3.8) is 0 Å². The van der Waals surface area contributed by atoms with Crippen molar-refractivity contribution >= 4 is 12.2 Å². The molecule has 1 aliphatic carbocycles. The van der Waals surface area contributed by atoms with E-state index in [1.807, 2.05) is 24.3 Å². The molecule has 4 heteroatoms. The smallest absolute Gasteiger partial charge is 0.250 e. The van der Waals surface area contributed by atoms with Gasteiger partial charge in [0.05, 0.1) is 5.54 Å². The highest BCUT2D eigenvalue weighted by atomic mass is 16.5. The molecule has 19 heavy (non-hydrogen) atoms. The molecular formula is C15H17N3O. The normalized spacial score (nSPS) is 17.6. The minimum absolute atomic E-state index is 0.362. The molecule has 0 amide bonds. The van der Waals surface area contributed by atoms with Crippen molar-refractivity contribution in [2.45, 2.75) is 31.7 Å². The van der Waals surface area contributed by atoms with Gasteiger partial charge in [0.1, 0.15) is 0 Å². The summed E-state index contributed by atoms with van der Waals surface area (Å²) in [5.74, 6) is 1.14. The molecule has 1 saturated carbocycles. The van der Waals surface area contributed by atoms with Gasteiger partial charge in [0.2, 0.25) is 0 Å². The third kappa shape index (κ3) is 2.44. The minimum Gasteiger partial charge on any atom is -0.335 e. The number of nitrogens with zero attached hydrogens (tertiary/aromatic N) is 2.